The van der Waals surface area contributed by atoms with Gasteiger partial charge in [-0.2, -0.15) is 0 Å². The van der Waals surface area contributed by atoms with Crippen LogP contribution in [0.15, 0.2) is 17.5 Å². The van der Waals surface area contributed by atoms with E-state index in [2.05, 4.69) is 4.98 Å². The molecule has 0 atom stereocenters. The van der Waals surface area contributed by atoms with Gasteiger partial charge in [-0.1, -0.05) is 0 Å². The van der Waals surface area contributed by atoms with Crippen LogP contribution in [0.1, 0.15) is 5.69 Å². The number of halogens is 3. The van der Waals surface area contributed by atoms with Crippen molar-refractivity contribution in [1.29, 1.82) is 0 Å². The Morgan fingerprint density at radius 1 is 1.19 bits per heavy atom. The molecule has 84 valence electrons. The highest BCUT2D eigenvalue weighted by molar-refractivity contribution is 7.13. The lowest BCUT2D eigenvalue weighted by atomic mass is 10.2. The van der Waals surface area contributed by atoms with E-state index in [1.807, 2.05) is 0 Å². The van der Waals surface area contributed by atoms with Crippen LogP contribution >= 0.6 is 11.3 Å². The van der Waals surface area contributed by atoms with E-state index in [0.717, 1.165) is 11.3 Å². The minimum Gasteiger partial charge on any atom is -0.390 e. The summed E-state index contributed by atoms with van der Waals surface area (Å²) in [6.07, 6.45) is 0. The molecular weight excluding hydrogens is 239 g/mol. The molecule has 0 aliphatic heterocycles. The number of benzene rings is 1. The first-order chi connectivity index (χ1) is 7.61. The molecule has 0 aliphatic carbocycles. The maximum absolute atomic E-state index is 13.3. The molecule has 0 radical (unpaired) electrons. The van der Waals surface area contributed by atoms with Gasteiger partial charge in [0.2, 0.25) is 0 Å². The molecule has 0 fully saturated rings. The van der Waals surface area contributed by atoms with E-state index in [1.165, 1.54) is 5.38 Å². The largest absolute Gasteiger partial charge is 0.390 e. The van der Waals surface area contributed by atoms with E-state index in [9.17, 15) is 13.2 Å². The second-order valence-electron chi connectivity index (χ2n) is 3.05. The summed E-state index contributed by atoms with van der Waals surface area (Å²) >= 11 is 0.988. The summed E-state index contributed by atoms with van der Waals surface area (Å²) in [4.78, 5) is 3.82. The first kappa shape index (κ1) is 11.1. The van der Waals surface area contributed by atoms with Gasteiger partial charge in [-0.3, -0.25) is 0 Å². The smallest absolute Gasteiger partial charge is 0.139 e. The van der Waals surface area contributed by atoms with E-state index >= 15 is 0 Å². The van der Waals surface area contributed by atoms with Crippen LogP contribution < -0.4 is 0 Å². The monoisotopic (exact) mass is 245 g/mol. The fourth-order valence-corrected chi connectivity index (χ4v) is 2.10. The Morgan fingerprint density at radius 3 is 2.31 bits per heavy atom. The number of hydrogen-bond donors (Lipinski definition) is 1. The van der Waals surface area contributed by atoms with Gasteiger partial charge in [-0.05, 0) is 0 Å². The molecular formula is C10H6F3NOS. The van der Waals surface area contributed by atoms with Gasteiger partial charge in [0.15, 0.2) is 0 Å². The molecule has 0 saturated heterocycles. The van der Waals surface area contributed by atoms with E-state index in [-0.39, 0.29) is 17.2 Å². The van der Waals surface area contributed by atoms with E-state index in [1.54, 1.807) is 0 Å². The second kappa shape index (κ2) is 4.23. The Hall–Kier alpha value is -1.40. The highest BCUT2D eigenvalue weighted by atomic mass is 32.1. The molecule has 0 saturated carbocycles. The molecule has 0 spiro atoms. The van der Waals surface area contributed by atoms with Gasteiger partial charge in [0, 0.05) is 17.5 Å². The van der Waals surface area contributed by atoms with Crippen LogP contribution in [0, 0.1) is 17.5 Å². The van der Waals surface area contributed by atoms with Crippen LogP contribution in [0.4, 0.5) is 13.2 Å². The zero-order chi connectivity index (χ0) is 11.7. The topological polar surface area (TPSA) is 33.1 Å². The summed E-state index contributed by atoms with van der Waals surface area (Å²) in [5, 5.41) is 10.3. The number of thiazole rings is 1. The Morgan fingerprint density at radius 2 is 1.81 bits per heavy atom. The van der Waals surface area contributed by atoms with Crippen LogP contribution in [0.3, 0.4) is 0 Å². The number of nitrogens with zero attached hydrogens (tertiary/aromatic N) is 1. The normalized spacial score (nSPS) is 10.8. The average Bonchev–Trinajstić information content (AvgIpc) is 2.64. The van der Waals surface area contributed by atoms with Crippen molar-refractivity contribution < 1.29 is 18.3 Å². The third-order valence-corrected chi connectivity index (χ3v) is 2.84. The lowest BCUT2D eigenvalue weighted by Gasteiger charge is -2.01. The van der Waals surface area contributed by atoms with Crippen LogP contribution in [-0.2, 0) is 6.61 Å². The van der Waals surface area contributed by atoms with E-state index in [0.29, 0.717) is 17.8 Å². The summed E-state index contributed by atoms with van der Waals surface area (Å²) < 4.78 is 39.3. The SMILES string of the molecule is OCc1csc(-c2c(F)cc(F)cc2F)n1. The van der Waals surface area contributed by atoms with Crippen molar-refractivity contribution in [2.24, 2.45) is 0 Å². The van der Waals surface area contributed by atoms with E-state index < -0.39 is 17.5 Å². The molecule has 0 aliphatic rings. The molecule has 1 aromatic heterocycles. The summed E-state index contributed by atoms with van der Waals surface area (Å²) in [5.41, 5.74) is -0.0470. The van der Waals surface area contributed by atoms with Crippen molar-refractivity contribution >= 4 is 11.3 Å². The average molecular weight is 245 g/mol. The minimum absolute atomic E-state index is 0.0825. The molecule has 0 bridgehead atoms. The van der Waals surface area contributed by atoms with Crippen molar-refractivity contribution in [1.82, 2.24) is 4.98 Å². The molecule has 1 aromatic carbocycles. The predicted octanol–water partition coefficient (Wildman–Crippen LogP) is 2.72. The first-order valence-corrected chi connectivity index (χ1v) is 5.20. The minimum atomic E-state index is -1.00. The number of hydrogen-bond acceptors (Lipinski definition) is 3. The standard InChI is InChI=1S/C10H6F3NOS/c11-5-1-7(12)9(8(13)2-5)10-14-6(3-15)4-16-10/h1-2,4,15H,3H2. The first-order valence-electron chi connectivity index (χ1n) is 4.32. The number of aliphatic hydroxyl groups is 1. The van der Waals surface area contributed by atoms with Crippen LogP contribution in [0.2, 0.25) is 0 Å². The van der Waals surface area contributed by atoms with Gasteiger partial charge in [0.25, 0.3) is 0 Å². The van der Waals surface area contributed by atoms with Gasteiger partial charge in [0.1, 0.15) is 22.5 Å². The van der Waals surface area contributed by atoms with Crippen molar-refractivity contribution in [3.8, 4) is 10.6 Å². The number of rotatable bonds is 2. The Bertz CT molecular complexity index is 504. The zero-order valence-corrected chi connectivity index (χ0v) is 8.69. The maximum atomic E-state index is 13.3. The predicted molar refractivity (Wildman–Crippen MR) is 53.3 cm³/mol. The highest BCUT2D eigenvalue weighted by Crippen LogP contribution is 2.29. The lowest BCUT2D eigenvalue weighted by Crippen LogP contribution is -1.92. The lowest BCUT2D eigenvalue weighted by molar-refractivity contribution is 0.277. The van der Waals surface area contributed by atoms with Crippen molar-refractivity contribution in [2.45, 2.75) is 6.61 Å². The van der Waals surface area contributed by atoms with Gasteiger partial charge >= 0.3 is 0 Å². The van der Waals surface area contributed by atoms with Gasteiger partial charge in [-0.25, -0.2) is 18.2 Å². The Labute approximate surface area is 93.0 Å². The molecule has 2 rings (SSSR count). The van der Waals surface area contributed by atoms with Crippen molar-refractivity contribution in [3.63, 3.8) is 0 Å². The molecule has 6 heteroatoms. The molecule has 0 amide bonds. The number of aliphatic hydroxyl groups excluding tert-OH is 1. The Balaban J connectivity index is 2.55. The van der Waals surface area contributed by atoms with Crippen LogP contribution in [0.25, 0.3) is 10.6 Å². The molecule has 0 unspecified atom stereocenters. The third kappa shape index (κ3) is 1.94. The molecule has 2 nitrogen and oxygen atoms in total. The van der Waals surface area contributed by atoms with Gasteiger partial charge < -0.3 is 5.11 Å². The molecule has 16 heavy (non-hydrogen) atoms. The van der Waals surface area contributed by atoms with Crippen molar-refractivity contribution in [3.05, 3.63) is 40.7 Å². The fraction of sp³-hybridized carbons (Fsp3) is 0.100. The Kier molecular flexibility index (Phi) is 2.93. The fourth-order valence-electron chi connectivity index (χ4n) is 1.24. The second-order valence-corrected chi connectivity index (χ2v) is 3.90. The summed E-state index contributed by atoms with van der Waals surface area (Å²) in [6, 6.07) is 1.19. The van der Waals surface area contributed by atoms with Gasteiger partial charge in [0.05, 0.1) is 17.9 Å². The van der Waals surface area contributed by atoms with E-state index in [4.69, 9.17) is 5.11 Å². The summed E-state index contributed by atoms with van der Waals surface area (Å²) in [5.74, 6) is -2.98. The highest BCUT2D eigenvalue weighted by Gasteiger charge is 2.16. The molecule has 1 N–H and O–H groups in total. The number of aromatic nitrogens is 1. The van der Waals surface area contributed by atoms with Crippen molar-refractivity contribution in [2.75, 3.05) is 0 Å². The molecule has 1 heterocycles. The molecule has 2 aromatic rings. The third-order valence-electron chi connectivity index (χ3n) is 1.93. The van der Waals surface area contributed by atoms with Gasteiger partial charge in [-0.15, -0.1) is 11.3 Å². The summed E-state index contributed by atoms with van der Waals surface area (Å²) in [7, 11) is 0. The quantitative estimate of drug-likeness (QED) is 0.882. The van der Waals surface area contributed by atoms with Crippen LogP contribution in [0.5, 0.6) is 0 Å². The maximum Gasteiger partial charge on any atom is 0.139 e. The zero-order valence-electron chi connectivity index (χ0n) is 7.88. The summed E-state index contributed by atoms with van der Waals surface area (Å²) in [6.45, 7) is -0.305. The van der Waals surface area contributed by atoms with Crippen LogP contribution in [-0.4, -0.2) is 10.1 Å².